The summed E-state index contributed by atoms with van der Waals surface area (Å²) in [6.45, 7) is 6.68. The van der Waals surface area contributed by atoms with Crippen molar-refractivity contribution in [2.75, 3.05) is 12.1 Å². The topological polar surface area (TPSA) is 25.5 Å². The number of para-hydroxylation sites is 3. The quantitative estimate of drug-likeness (QED) is 0.203. The molecule has 0 aliphatic carbocycles. The van der Waals surface area contributed by atoms with E-state index < -0.39 is 0 Å². The molecule has 0 saturated carbocycles. The van der Waals surface area contributed by atoms with Gasteiger partial charge in [0.15, 0.2) is 5.84 Å². The Bertz CT molecular complexity index is 2330. The van der Waals surface area contributed by atoms with Gasteiger partial charge >= 0.3 is 0 Å². The van der Waals surface area contributed by atoms with E-state index in [4.69, 9.17) is 4.99 Å². The second-order valence-corrected chi connectivity index (χ2v) is 11.8. The maximum Gasteiger partial charge on any atom is 0.155 e. The smallest absolute Gasteiger partial charge is 0.155 e. The molecule has 4 heteroatoms. The van der Waals surface area contributed by atoms with Gasteiger partial charge in [-0.25, -0.2) is 5.01 Å². The Hall–Kier alpha value is -5.61. The third kappa shape index (κ3) is 4.10. The van der Waals surface area contributed by atoms with Gasteiger partial charge in [-0.3, -0.25) is 9.67 Å². The minimum absolute atomic E-state index is 0.923. The number of hydrogen-bond acceptors (Lipinski definition) is 1. The molecule has 218 valence electrons. The molecule has 45 heavy (non-hydrogen) atoms. The number of amidine groups is 1. The summed E-state index contributed by atoms with van der Waals surface area (Å²) in [6.07, 6.45) is 4.48. The molecule has 0 N–H and O–H groups in total. The van der Waals surface area contributed by atoms with Crippen molar-refractivity contribution in [3.8, 4) is 16.8 Å². The van der Waals surface area contributed by atoms with Gasteiger partial charge in [-0.15, -0.1) is 0 Å². The molecular formula is C41H34N4. The zero-order valence-electron chi connectivity index (χ0n) is 26.0. The van der Waals surface area contributed by atoms with E-state index in [0.29, 0.717) is 0 Å². The Labute approximate surface area is 263 Å². The summed E-state index contributed by atoms with van der Waals surface area (Å²) in [5.74, 6) is 0.923. The molecule has 3 heterocycles. The number of anilines is 1. The van der Waals surface area contributed by atoms with Crippen molar-refractivity contribution in [3.63, 3.8) is 0 Å². The molecular weight excluding hydrogens is 548 g/mol. The number of aromatic nitrogens is 2. The van der Waals surface area contributed by atoms with Crippen LogP contribution in [0.1, 0.15) is 27.9 Å². The summed E-state index contributed by atoms with van der Waals surface area (Å²) in [4.78, 5) is 4.91. The Morgan fingerprint density at radius 1 is 0.600 bits per heavy atom. The molecule has 7 aromatic rings. The van der Waals surface area contributed by atoms with Gasteiger partial charge in [0.25, 0.3) is 0 Å². The lowest BCUT2D eigenvalue weighted by Crippen LogP contribution is -2.31. The second kappa shape index (κ2) is 10.5. The van der Waals surface area contributed by atoms with Crippen molar-refractivity contribution >= 4 is 45.0 Å². The fraction of sp³-hybridized carbons (Fsp3) is 0.0976. The molecule has 0 fully saturated rings. The minimum Gasteiger partial charge on any atom is -0.313 e. The highest BCUT2D eigenvalue weighted by Crippen LogP contribution is 2.42. The number of nitrogens with zero attached hydrogens (tertiary/aromatic N) is 4. The molecule has 5 aromatic carbocycles. The summed E-state index contributed by atoms with van der Waals surface area (Å²) in [7, 11) is 1.89. The van der Waals surface area contributed by atoms with Crippen LogP contribution in [0.15, 0.2) is 133 Å². The first-order chi connectivity index (χ1) is 22.1. The van der Waals surface area contributed by atoms with Crippen molar-refractivity contribution in [1.82, 2.24) is 9.24 Å². The van der Waals surface area contributed by atoms with E-state index in [-0.39, 0.29) is 0 Å². The predicted molar refractivity (Wildman–Crippen MR) is 190 cm³/mol. The van der Waals surface area contributed by atoms with Gasteiger partial charge in [-0.1, -0.05) is 91.0 Å². The predicted octanol–water partition coefficient (Wildman–Crippen LogP) is 10.0. The number of fused-ring (bicyclic) bond motifs is 3. The highest BCUT2D eigenvalue weighted by atomic mass is 15.6. The molecule has 0 spiro atoms. The van der Waals surface area contributed by atoms with Gasteiger partial charge in [-0.2, -0.15) is 0 Å². The SMILES string of the molecule is C/N=C1/C(=C\c2c(C)n(-c3cccc(-c4ccccc4C)c3C)c3ccccc23)c2ccccc2N1n1ccc2ccccc21. The summed E-state index contributed by atoms with van der Waals surface area (Å²) in [6, 6.07) is 43.4. The normalized spacial score (nSPS) is 14.7. The fourth-order valence-electron chi connectivity index (χ4n) is 7.11. The Kier molecular flexibility index (Phi) is 6.31. The van der Waals surface area contributed by atoms with Gasteiger partial charge in [0.2, 0.25) is 0 Å². The van der Waals surface area contributed by atoms with Gasteiger partial charge in [0, 0.05) is 52.1 Å². The van der Waals surface area contributed by atoms with Gasteiger partial charge in [-0.05, 0) is 79.4 Å². The van der Waals surface area contributed by atoms with Crippen LogP contribution in [0.25, 0.3) is 50.3 Å². The molecule has 0 unspecified atom stereocenters. The zero-order chi connectivity index (χ0) is 30.7. The summed E-state index contributed by atoms with van der Waals surface area (Å²) in [5, 5.41) is 4.67. The molecule has 0 radical (unpaired) electrons. The maximum atomic E-state index is 4.91. The fourth-order valence-corrected chi connectivity index (χ4v) is 7.11. The van der Waals surface area contributed by atoms with Gasteiger partial charge in [0.05, 0.1) is 16.7 Å². The molecule has 0 atom stereocenters. The van der Waals surface area contributed by atoms with Crippen LogP contribution in [0.4, 0.5) is 5.69 Å². The molecule has 1 aliphatic heterocycles. The van der Waals surface area contributed by atoms with E-state index in [1.807, 2.05) is 7.05 Å². The van der Waals surface area contributed by atoms with E-state index in [2.05, 4.69) is 169 Å². The number of benzene rings is 5. The lowest BCUT2D eigenvalue weighted by atomic mass is 9.95. The summed E-state index contributed by atoms with van der Waals surface area (Å²) >= 11 is 0. The first-order valence-corrected chi connectivity index (χ1v) is 15.5. The van der Waals surface area contributed by atoms with E-state index in [0.717, 1.165) is 22.6 Å². The number of rotatable bonds is 4. The van der Waals surface area contributed by atoms with E-state index in [1.165, 1.54) is 61.1 Å². The Morgan fingerprint density at radius 2 is 1.27 bits per heavy atom. The Morgan fingerprint density at radius 3 is 2.09 bits per heavy atom. The molecule has 2 aromatic heterocycles. The third-order valence-corrected chi connectivity index (χ3v) is 9.30. The molecule has 8 rings (SSSR count). The van der Waals surface area contributed by atoms with Crippen molar-refractivity contribution in [2.24, 2.45) is 4.99 Å². The van der Waals surface area contributed by atoms with E-state index in [1.54, 1.807) is 0 Å². The monoisotopic (exact) mass is 582 g/mol. The molecule has 0 saturated heterocycles. The van der Waals surface area contributed by atoms with Crippen LogP contribution in [-0.2, 0) is 0 Å². The van der Waals surface area contributed by atoms with E-state index in [9.17, 15) is 0 Å². The number of aryl methyl sites for hydroxylation is 1. The maximum absolute atomic E-state index is 4.91. The van der Waals surface area contributed by atoms with Crippen LogP contribution < -0.4 is 5.01 Å². The summed E-state index contributed by atoms with van der Waals surface area (Å²) in [5.41, 5.74) is 14.4. The van der Waals surface area contributed by atoms with Gasteiger partial charge in [0.1, 0.15) is 0 Å². The molecule has 4 nitrogen and oxygen atoms in total. The standard InChI is InChI=1S/C41H34N4/c1-27-14-5-7-16-31(27)32-19-13-23-37(28(32)2)44-29(3)35(33-17-8-11-21-39(33)44)26-36-34-18-9-12-22-40(34)45(41(36)42-4)43-25-24-30-15-6-10-20-38(30)43/h5-26H,1-4H3/b36-26-,42-41-. The second-order valence-electron chi connectivity index (χ2n) is 11.8. The average Bonchev–Trinajstić information content (AvgIpc) is 3.72. The van der Waals surface area contributed by atoms with Crippen molar-refractivity contribution in [1.29, 1.82) is 0 Å². The number of hydrogen-bond donors (Lipinski definition) is 0. The lowest BCUT2D eigenvalue weighted by Gasteiger charge is -2.22. The number of aliphatic imine (C=N–C) groups is 1. The van der Waals surface area contributed by atoms with Crippen LogP contribution in [0.3, 0.4) is 0 Å². The Balaban J connectivity index is 1.34. The average molecular weight is 583 g/mol. The largest absolute Gasteiger partial charge is 0.313 e. The van der Waals surface area contributed by atoms with Crippen LogP contribution in [0, 0.1) is 20.8 Å². The summed E-state index contributed by atoms with van der Waals surface area (Å²) < 4.78 is 4.65. The van der Waals surface area contributed by atoms with Crippen molar-refractivity contribution in [2.45, 2.75) is 20.8 Å². The lowest BCUT2D eigenvalue weighted by molar-refractivity contribution is 0.888. The molecule has 1 aliphatic rings. The van der Waals surface area contributed by atoms with Gasteiger partial charge < -0.3 is 4.57 Å². The van der Waals surface area contributed by atoms with Crippen molar-refractivity contribution in [3.05, 3.63) is 155 Å². The first kappa shape index (κ1) is 27.0. The first-order valence-electron chi connectivity index (χ1n) is 15.5. The van der Waals surface area contributed by atoms with Crippen LogP contribution in [-0.4, -0.2) is 22.1 Å². The molecule has 0 bridgehead atoms. The molecule has 0 amide bonds. The third-order valence-electron chi connectivity index (χ3n) is 9.30. The zero-order valence-corrected chi connectivity index (χ0v) is 26.0. The van der Waals surface area contributed by atoms with E-state index >= 15 is 0 Å². The van der Waals surface area contributed by atoms with Crippen LogP contribution >= 0.6 is 0 Å². The van der Waals surface area contributed by atoms with Crippen molar-refractivity contribution < 1.29 is 0 Å². The van der Waals surface area contributed by atoms with Crippen LogP contribution in [0.2, 0.25) is 0 Å². The van der Waals surface area contributed by atoms with Crippen LogP contribution in [0.5, 0.6) is 0 Å². The highest BCUT2D eigenvalue weighted by molar-refractivity contribution is 6.38. The minimum atomic E-state index is 0.923. The highest BCUT2D eigenvalue weighted by Gasteiger charge is 2.32.